The molecule has 0 amide bonds. The van der Waals surface area contributed by atoms with Crippen LogP contribution in [-0.4, -0.2) is 14.7 Å². The summed E-state index contributed by atoms with van der Waals surface area (Å²) in [5.41, 5.74) is 1.73. The van der Waals surface area contributed by atoms with E-state index in [-0.39, 0.29) is 5.56 Å². The lowest BCUT2D eigenvalue weighted by Crippen LogP contribution is -2.18. The Balaban J connectivity index is 2.79. The van der Waals surface area contributed by atoms with Gasteiger partial charge in [-0.05, 0) is 22.9 Å². The summed E-state index contributed by atoms with van der Waals surface area (Å²) in [5, 5.41) is 2.74. The van der Waals surface area contributed by atoms with Crippen molar-refractivity contribution < 1.29 is 0 Å². The molecule has 2 aromatic rings. The van der Waals surface area contributed by atoms with Gasteiger partial charge in [0.1, 0.15) is 4.47 Å². The number of aromatic nitrogens is 2. The molecule has 15 heavy (non-hydrogen) atoms. The summed E-state index contributed by atoms with van der Waals surface area (Å²) >= 11 is 8.15. The second kappa shape index (κ2) is 4.35. The number of fused-ring (bicyclic) bond motifs is 1. The SMILES string of the molecule is Cc1csc2nc(CCBr)c(Br)c(=O)n12. The Morgan fingerprint density at radius 2 is 2.33 bits per heavy atom. The van der Waals surface area contributed by atoms with Crippen LogP contribution in [0.5, 0.6) is 0 Å². The first-order chi connectivity index (χ1) is 7.15. The van der Waals surface area contributed by atoms with Gasteiger partial charge < -0.3 is 0 Å². The van der Waals surface area contributed by atoms with E-state index in [1.165, 1.54) is 11.3 Å². The molecule has 0 aliphatic heterocycles. The highest BCUT2D eigenvalue weighted by molar-refractivity contribution is 9.10. The van der Waals surface area contributed by atoms with Crippen LogP contribution in [0.2, 0.25) is 0 Å². The summed E-state index contributed by atoms with van der Waals surface area (Å²) in [6.45, 7) is 1.91. The van der Waals surface area contributed by atoms with Crippen molar-refractivity contribution in [2.75, 3.05) is 5.33 Å². The van der Waals surface area contributed by atoms with Crippen LogP contribution < -0.4 is 5.56 Å². The fourth-order valence-corrected chi connectivity index (χ4v) is 3.08. The molecular formula is C9H8Br2N2OS. The van der Waals surface area contributed by atoms with Gasteiger partial charge in [-0.3, -0.25) is 9.20 Å². The predicted octanol–water partition coefficient (Wildman–Crippen LogP) is 2.76. The second-order valence-corrected chi connectivity index (χ2v) is 5.53. The van der Waals surface area contributed by atoms with Gasteiger partial charge in [0.05, 0.1) is 5.69 Å². The van der Waals surface area contributed by atoms with E-state index in [0.717, 1.165) is 28.1 Å². The summed E-state index contributed by atoms with van der Waals surface area (Å²) in [4.78, 5) is 17.2. The molecule has 2 heterocycles. The van der Waals surface area contributed by atoms with Gasteiger partial charge in [0.2, 0.25) is 0 Å². The second-order valence-electron chi connectivity index (χ2n) is 3.11. The Hall–Kier alpha value is -0.200. The molecule has 0 saturated heterocycles. The molecule has 0 N–H and O–H groups in total. The maximum Gasteiger partial charge on any atom is 0.273 e. The maximum atomic E-state index is 12.0. The molecule has 0 atom stereocenters. The zero-order chi connectivity index (χ0) is 11.0. The first-order valence-electron chi connectivity index (χ1n) is 4.36. The fraction of sp³-hybridized carbons (Fsp3) is 0.333. The Morgan fingerprint density at radius 1 is 1.60 bits per heavy atom. The lowest BCUT2D eigenvalue weighted by Gasteiger charge is -2.02. The normalized spacial score (nSPS) is 11.1. The molecule has 0 spiro atoms. The summed E-state index contributed by atoms with van der Waals surface area (Å²) in [6.07, 6.45) is 0.753. The lowest BCUT2D eigenvalue weighted by atomic mass is 10.3. The van der Waals surface area contributed by atoms with Gasteiger partial charge in [0.25, 0.3) is 5.56 Å². The number of halogens is 2. The van der Waals surface area contributed by atoms with Crippen LogP contribution >= 0.6 is 43.2 Å². The molecule has 0 aliphatic carbocycles. The predicted molar refractivity (Wildman–Crippen MR) is 69.3 cm³/mol. The first kappa shape index (κ1) is 11.3. The topological polar surface area (TPSA) is 34.4 Å². The largest absolute Gasteiger partial charge is 0.273 e. The number of rotatable bonds is 2. The molecule has 3 nitrogen and oxygen atoms in total. The van der Waals surface area contributed by atoms with E-state index >= 15 is 0 Å². The van der Waals surface area contributed by atoms with Crippen molar-refractivity contribution in [1.29, 1.82) is 0 Å². The van der Waals surface area contributed by atoms with Crippen molar-refractivity contribution in [3.8, 4) is 0 Å². The molecule has 0 bridgehead atoms. The quantitative estimate of drug-likeness (QED) is 0.779. The van der Waals surface area contributed by atoms with Gasteiger partial charge in [-0.1, -0.05) is 15.9 Å². The van der Waals surface area contributed by atoms with Gasteiger partial charge in [-0.2, -0.15) is 0 Å². The maximum absolute atomic E-state index is 12.0. The molecule has 0 aromatic carbocycles. The highest BCUT2D eigenvalue weighted by Crippen LogP contribution is 2.17. The monoisotopic (exact) mass is 350 g/mol. The molecular weight excluding hydrogens is 344 g/mol. The van der Waals surface area contributed by atoms with E-state index < -0.39 is 0 Å². The smallest absolute Gasteiger partial charge is 0.268 e. The fourth-order valence-electron chi connectivity index (χ4n) is 1.36. The van der Waals surface area contributed by atoms with E-state index in [1.54, 1.807) is 4.40 Å². The first-order valence-corrected chi connectivity index (χ1v) is 7.15. The van der Waals surface area contributed by atoms with Crippen LogP contribution in [0.25, 0.3) is 4.96 Å². The van der Waals surface area contributed by atoms with Gasteiger partial charge in [0, 0.05) is 22.8 Å². The number of alkyl halides is 1. The Kier molecular flexibility index (Phi) is 3.27. The number of nitrogens with zero attached hydrogens (tertiary/aromatic N) is 2. The average molecular weight is 352 g/mol. The highest BCUT2D eigenvalue weighted by Gasteiger charge is 2.11. The Labute approximate surface area is 107 Å². The van der Waals surface area contributed by atoms with E-state index in [0.29, 0.717) is 4.47 Å². The molecule has 2 aromatic heterocycles. The number of aryl methyl sites for hydroxylation is 2. The van der Waals surface area contributed by atoms with Crippen LogP contribution in [-0.2, 0) is 6.42 Å². The van der Waals surface area contributed by atoms with Crippen LogP contribution in [0.4, 0.5) is 0 Å². The van der Waals surface area contributed by atoms with Crippen molar-refractivity contribution >= 4 is 48.2 Å². The summed E-state index contributed by atoms with van der Waals surface area (Å²) in [5.74, 6) is 0. The molecule has 80 valence electrons. The van der Waals surface area contributed by atoms with Crippen molar-refractivity contribution in [3.63, 3.8) is 0 Å². The van der Waals surface area contributed by atoms with E-state index in [2.05, 4.69) is 36.8 Å². The van der Waals surface area contributed by atoms with E-state index in [4.69, 9.17) is 0 Å². The minimum atomic E-state index is -0.0188. The van der Waals surface area contributed by atoms with Gasteiger partial charge >= 0.3 is 0 Å². The molecule has 0 fully saturated rings. The Morgan fingerprint density at radius 3 is 3.00 bits per heavy atom. The lowest BCUT2D eigenvalue weighted by molar-refractivity contribution is 0.951. The minimum absolute atomic E-state index is 0.0188. The van der Waals surface area contributed by atoms with Crippen LogP contribution in [0.3, 0.4) is 0 Å². The molecule has 2 rings (SSSR count). The number of thiazole rings is 1. The van der Waals surface area contributed by atoms with E-state index in [1.807, 2.05) is 12.3 Å². The zero-order valence-corrected chi connectivity index (χ0v) is 11.9. The van der Waals surface area contributed by atoms with Crippen molar-refractivity contribution in [2.45, 2.75) is 13.3 Å². The molecule has 0 unspecified atom stereocenters. The highest BCUT2D eigenvalue weighted by atomic mass is 79.9. The third-order valence-electron chi connectivity index (χ3n) is 2.09. The van der Waals surface area contributed by atoms with Crippen LogP contribution in [0, 0.1) is 6.92 Å². The Bertz CT molecular complexity index is 561. The summed E-state index contributed by atoms with van der Waals surface area (Å²) in [6, 6.07) is 0. The van der Waals surface area contributed by atoms with Crippen molar-refractivity contribution in [2.24, 2.45) is 0 Å². The molecule has 0 radical (unpaired) electrons. The number of hydrogen-bond acceptors (Lipinski definition) is 3. The summed E-state index contributed by atoms with van der Waals surface area (Å²) in [7, 11) is 0. The molecule has 0 saturated carbocycles. The molecule has 0 aliphatic rings. The third-order valence-corrected chi connectivity index (χ3v) is 4.22. The summed E-state index contributed by atoms with van der Waals surface area (Å²) < 4.78 is 2.20. The van der Waals surface area contributed by atoms with Crippen LogP contribution in [0.15, 0.2) is 14.6 Å². The standard InChI is InChI=1S/C9H8Br2N2OS/c1-5-4-15-9-12-6(2-3-10)7(11)8(14)13(5)9/h4H,2-3H2,1H3. The van der Waals surface area contributed by atoms with E-state index in [9.17, 15) is 4.79 Å². The van der Waals surface area contributed by atoms with Gasteiger partial charge in [-0.15, -0.1) is 11.3 Å². The van der Waals surface area contributed by atoms with Crippen molar-refractivity contribution in [1.82, 2.24) is 9.38 Å². The molecule has 6 heteroatoms. The third kappa shape index (κ3) is 1.90. The number of hydrogen-bond donors (Lipinski definition) is 0. The average Bonchev–Trinajstić information content (AvgIpc) is 2.56. The van der Waals surface area contributed by atoms with Gasteiger partial charge in [0.15, 0.2) is 4.96 Å². The van der Waals surface area contributed by atoms with Crippen LogP contribution in [0.1, 0.15) is 11.4 Å². The zero-order valence-electron chi connectivity index (χ0n) is 7.96. The minimum Gasteiger partial charge on any atom is -0.268 e. The van der Waals surface area contributed by atoms with Gasteiger partial charge in [-0.25, -0.2) is 4.98 Å². The van der Waals surface area contributed by atoms with Crippen molar-refractivity contribution in [3.05, 3.63) is 31.6 Å².